The van der Waals surface area contributed by atoms with E-state index >= 15 is 0 Å². The molecule has 0 radical (unpaired) electrons. The third-order valence-electron chi connectivity index (χ3n) is 2.32. The van der Waals surface area contributed by atoms with Crippen molar-refractivity contribution in [2.24, 2.45) is 0 Å². The molecule has 4 heteroatoms. The molecule has 1 aromatic carbocycles. The summed E-state index contributed by atoms with van der Waals surface area (Å²) < 4.78 is 4.67. The predicted octanol–water partition coefficient (Wildman–Crippen LogP) is 2.08. The Balaban J connectivity index is 2.67. The normalized spacial score (nSPS) is 11.2. The molecule has 0 aliphatic heterocycles. The van der Waals surface area contributed by atoms with Gasteiger partial charge in [0.25, 0.3) is 0 Å². The van der Waals surface area contributed by atoms with E-state index in [0.29, 0.717) is 5.65 Å². The Morgan fingerprint density at radius 2 is 1.86 bits per heavy atom. The molecule has 14 heavy (non-hydrogen) atoms. The first-order valence-corrected chi connectivity index (χ1v) is 4.34. The Hall–Kier alpha value is -1.97. The summed E-state index contributed by atoms with van der Waals surface area (Å²) >= 11 is 0. The SMILES string of the molecule is Cc1nc2nonc2c2ccccc12. The van der Waals surface area contributed by atoms with Gasteiger partial charge in [-0.15, -0.1) is 0 Å². The molecule has 0 fully saturated rings. The quantitative estimate of drug-likeness (QED) is 0.538. The van der Waals surface area contributed by atoms with Crippen molar-refractivity contribution in [2.45, 2.75) is 6.92 Å². The molecular weight excluding hydrogens is 178 g/mol. The summed E-state index contributed by atoms with van der Waals surface area (Å²) in [5, 5.41) is 9.70. The average Bonchev–Trinajstić information content (AvgIpc) is 2.66. The van der Waals surface area contributed by atoms with Gasteiger partial charge in [0, 0.05) is 16.5 Å². The molecule has 2 heterocycles. The maximum absolute atomic E-state index is 4.67. The van der Waals surface area contributed by atoms with E-state index in [1.165, 1.54) is 0 Å². The van der Waals surface area contributed by atoms with Crippen LogP contribution in [0.1, 0.15) is 5.69 Å². The summed E-state index contributed by atoms with van der Waals surface area (Å²) in [5.41, 5.74) is 2.25. The van der Waals surface area contributed by atoms with E-state index in [1.807, 2.05) is 31.2 Å². The number of hydrogen-bond donors (Lipinski definition) is 0. The second-order valence-corrected chi connectivity index (χ2v) is 3.18. The molecule has 2 aromatic heterocycles. The van der Waals surface area contributed by atoms with Gasteiger partial charge in [-0.1, -0.05) is 24.3 Å². The highest BCUT2D eigenvalue weighted by Crippen LogP contribution is 2.22. The van der Waals surface area contributed by atoms with Crippen LogP contribution >= 0.6 is 0 Å². The lowest BCUT2D eigenvalue weighted by Crippen LogP contribution is -1.86. The number of fused-ring (bicyclic) bond motifs is 3. The Bertz CT molecular complexity index is 615. The minimum atomic E-state index is 0.571. The third kappa shape index (κ3) is 0.849. The third-order valence-corrected chi connectivity index (χ3v) is 2.32. The van der Waals surface area contributed by atoms with Crippen molar-refractivity contribution < 1.29 is 4.63 Å². The zero-order chi connectivity index (χ0) is 9.54. The van der Waals surface area contributed by atoms with E-state index in [4.69, 9.17) is 0 Å². The van der Waals surface area contributed by atoms with Crippen LogP contribution in [0.2, 0.25) is 0 Å². The monoisotopic (exact) mass is 185 g/mol. The van der Waals surface area contributed by atoms with Crippen LogP contribution in [0.15, 0.2) is 28.9 Å². The lowest BCUT2D eigenvalue weighted by atomic mass is 10.1. The summed E-state index contributed by atoms with van der Waals surface area (Å²) in [6.07, 6.45) is 0. The van der Waals surface area contributed by atoms with Crippen LogP contribution in [0.5, 0.6) is 0 Å². The molecule has 0 aliphatic rings. The van der Waals surface area contributed by atoms with Gasteiger partial charge in [0.1, 0.15) is 0 Å². The Morgan fingerprint density at radius 1 is 1.07 bits per heavy atom. The molecule has 0 saturated carbocycles. The predicted molar refractivity (Wildman–Crippen MR) is 51.8 cm³/mol. The maximum atomic E-state index is 4.67. The number of pyridine rings is 1. The zero-order valence-corrected chi connectivity index (χ0v) is 7.56. The number of hydrogen-bond acceptors (Lipinski definition) is 4. The maximum Gasteiger partial charge on any atom is 0.224 e. The highest BCUT2D eigenvalue weighted by atomic mass is 16.6. The van der Waals surface area contributed by atoms with Crippen molar-refractivity contribution in [3.63, 3.8) is 0 Å². The van der Waals surface area contributed by atoms with Crippen LogP contribution in [-0.4, -0.2) is 15.3 Å². The van der Waals surface area contributed by atoms with Gasteiger partial charge in [-0.05, 0) is 17.2 Å². The van der Waals surface area contributed by atoms with E-state index in [1.54, 1.807) is 0 Å². The van der Waals surface area contributed by atoms with Gasteiger partial charge >= 0.3 is 0 Å². The number of nitrogens with zero attached hydrogens (tertiary/aromatic N) is 3. The zero-order valence-electron chi connectivity index (χ0n) is 7.56. The van der Waals surface area contributed by atoms with Crippen molar-refractivity contribution >= 4 is 21.9 Å². The molecule has 0 saturated heterocycles. The van der Waals surface area contributed by atoms with Crippen LogP contribution in [0.4, 0.5) is 0 Å². The van der Waals surface area contributed by atoms with Crippen LogP contribution in [-0.2, 0) is 0 Å². The number of benzene rings is 1. The van der Waals surface area contributed by atoms with Crippen molar-refractivity contribution in [1.29, 1.82) is 0 Å². The molecule has 0 aliphatic carbocycles. The molecule has 0 atom stereocenters. The lowest BCUT2D eigenvalue weighted by Gasteiger charge is -1.99. The molecule has 0 unspecified atom stereocenters. The molecule has 4 nitrogen and oxygen atoms in total. The van der Waals surface area contributed by atoms with Gasteiger partial charge in [-0.3, -0.25) is 0 Å². The molecule has 68 valence electrons. The van der Waals surface area contributed by atoms with E-state index < -0.39 is 0 Å². The second kappa shape index (κ2) is 2.51. The van der Waals surface area contributed by atoms with Crippen molar-refractivity contribution in [3.8, 4) is 0 Å². The summed E-state index contributed by atoms with van der Waals surface area (Å²) in [6, 6.07) is 7.97. The van der Waals surface area contributed by atoms with Gasteiger partial charge < -0.3 is 0 Å². The lowest BCUT2D eigenvalue weighted by molar-refractivity contribution is 0.315. The Morgan fingerprint density at radius 3 is 2.71 bits per heavy atom. The van der Waals surface area contributed by atoms with E-state index in [-0.39, 0.29) is 0 Å². The highest BCUT2D eigenvalue weighted by Gasteiger charge is 2.08. The van der Waals surface area contributed by atoms with Crippen LogP contribution in [0.25, 0.3) is 21.9 Å². The van der Waals surface area contributed by atoms with Crippen LogP contribution in [0, 0.1) is 6.92 Å². The first-order chi connectivity index (χ1) is 6.86. The fourth-order valence-electron chi connectivity index (χ4n) is 1.65. The fraction of sp³-hybridized carbons (Fsp3) is 0.100. The van der Waals surface area contributed by atoms with Crippen LogP contribution in [0.3, 0.4) is 0 Å². The van der Waals surface area contributed by atoms with Gasteiger partial charge in [-0.25, -0.2) is 9.61 Å². The molecule has 3 aromatic rings. The largest absolute Gasteiger partial charge is 0.242 e. The van der Waals surface area contributed by atoms with Crippen LogP contribution < -0.4 is 0 Å². The van der Waals surface area contributed by atoms with E-state index in [0.717, 1.165) is 22.0 Å². The number of aryl methyl sites for hydroxylation is 1. The molecule has 0 bridgehead atoms. The minimum Gasteiger partial charge on any atom is -0.242 e. The molecule has 0 N–H and O–H groups in total. The summed E-state index contributed by atoms with van der Waals surface area (Å²) in [4.78, 5) is 4.30. The highest BCUT2D eigenvalue weighted by molar-refractivity contribution is 6.02. The molecule has 0 amide bonds. The molecular formula is C10H7N3O. The first-order valence-electron chi connectivity index (χ1n) is 4.34. The average molecular weight is 185 g/mol. The topological polar surface area (TPSA) is 51.8 Å². The number of aromatic nitrogens is 3. The van der Waals surface area contributed by atoms with Crippen molar-refractivity contribution in [2.75, 3.05) is 0 Å². The number of rotatable bonds is 0. The summed E-state index contributed by atoms with van der Waals surface area (Å²) in [7, 11) is 0. The molecule has 0 spiro atoms. The molecule has 3 rings (SSSR count). The first kappa shape index (κ1) is 7.44. The standard InChI is InChI=1S/C10H7N3O/c1-6-7-4-2-3-5-8(7)9-10(11-6)13-14-12-9/h2-5H,1H3. The van der Waals surface area contributed by atoms with E-state index in [2.05, 4.69) is 19.9 Å². The summed E-state index contributed by atoms with van der Waals surface area (Å²) in [5.74, 6) is 0. The Labute approximate surface area is 79.5 Å². The minimum absolute atomic E-state index is 0.571. The van der Waals surface area contributed by atoms with Crippen molar-refractivity contribution in [3.05, 3.63) is 30.0 Å². The second-order valence-electron chi connectivity index (χ2n) is 3.18. The van der Waals surface area contributed by atoms with Gasteiger partial charge in [0.15, 0.2) is 5.52 Å². The van der Waals surface area contributed by atoms with Gasteiger partial charge in [0.05, 0.1) is 0 Å². The Kier molecular flexibility index (Phi) is 1.33. The van der Waals surface area contributed by atoms with E-state index in [9.17, 15) is 0 Å². The fourth-order valence-corrected chi connectivity index (χ4v) is 1.65. The van der Waals surface area contributed by atoms with Gasteiger partial charge in [0.2, 0.25) is 5.65 Å². The summed E-state index contributed by atoms with van der Waals surface area (Å²) in [6.45, 7) is 1.95. The smallest absolute Gasteiger partial charge is 0.224 e. The van der Waals surface area contributed by atoms with Gasteiger partial charge in [-0.2, -0.15) is 0 Å². The van der Waals surface area contributed by atoms with Crippen molar-refractivity contribution in [1.82, 2.24) is 15.3 Å².